The summed E-state index contributed by atoms with van der Waals surface area (Å²) < 4.78 is 53.5. The summed E-state index contributed by atoms with van der Waals surface area (Å²) in [4.78, 5) is 12.9. The van der Waals surface area contributed by atoms with Gasteiger partial charge in [0, 0.05) is 11.5 Å². The fourth-order valence-electron chi connectivity index (χ4n) is 3.03. The molecule has 8 heteroatoms. The molecule has 2 aromatic carbocycles. The van der Waals surface area contributed by atoms with E-state index in [0.29, 0.717) is 0 Å². The van der Waals surface area contributed by atoms with E-state index in [1.54, 1.807) is 0 Å². The van der Waals surface area contributed by atoms with Gasteiger partial charge >= 0.3 is 6.18 Å². The molecule has 2 N–H and O–H groups in total. The first-order chi connectivity index (χ1) is 12.7. The van der Waals surface area contributed by atoms with Crippen LogP contribution in [0, 0.1) is 17.1 Å². The lowest BCUT2D eigenvalue weighted by Gasteiger charge is -2.22. The van der Waals surface area contributed by atoms with Crippen molar-refractivity contribution in [1.29, 1.82) is 5.26 Å². The van der Waals surface area contributed by atoms with Crippen molar-refractivity contribution in [3.63, 3.8) is 0 Å². The lowest BCUT2D eigenvalue weighted by Crippen LogP contribution is -2.25. The average Bonchev–Trinajstić information content (AvgIpc) is 2.97. The smallest absolute Gasteiger partial charge is 0.393 e. The van der Waals surface area contributed by atoms with E-state index in [1.807, 2.05) is 6.07 Å². The maximum Gasteiger partial charge on any atom is 0.416 e. The number of carbonyl (C=O) groups excluding carboxylic acids is 1. The fraction of sp³-hybridized carbons (Fsp3) is 0.158. The van der Waals surface area contributed by atoms with Crippen LogP contribution in [-0.4, -0.2) is 11.0 Å². The van der Waals surface area contributed by atoms with E-state index in [9.17, 15) is 27.6 Å². The number of rotatable bonds is 3. The highest BCUT2D eigenvalue weighted by Gasteiger charge is 2.45. The Kier molecular flexibility index (Phi) is 4.98. The molecule has 0 spiro atoms. The van der Waals surface area contributed by atoms with Gasteiger partial charge in [0.1, 0.15) is 5.82 Å². The molecule has 0 aliphatic carbocycles. The van der Waals surface area contributed by atoms with Crippen molar-refractivity contribution in [3.8, 4) is 6.07 Å². The predicted octanol–water partition coefficient (Wildman–Crippen LogP) is 4.62. The Morgan fingerprint density at radius 2 is 1.74 bits per heavy atom. The largest absolute Gasteiger partial charge is 0.416 e. The molecule has 1 aliphatic heterocycles. The number of alkyl halides is 3. The van der Waals surface area contributed by atoms with E-state index in [2.05, 4.69) is 0 Å². The minimum absolute atomic E-state index is 0.0138. The van der Waals surface area contributed by atoms with Crippen LogP contribution in [0.1, 0.15) is 27.4 Å². The zero-order valence-corrected chi connectivity index (χ0v) is 14.4. The topological polar surface area (TPSA) is 66.9 Å². The Hall–Kier alpha value is -2.79. The first-order valence-corrected chi connectivity index (χ1v) is 8.64. The molecule has 1 heterocycles. The molecular weight excluding hydrogens is 380 g/mol. The highest BCUT2D eigenvalue weighted by atomic mass is 32.2. The normalized spacial score (nSPS) is 19.8. The van der Waals surface area contributed by atoms with Crippen LogP contribution in [0.5, 0.6) is 0 Å². The molecule has 0 saturated heterocycles. The molecule has 0 radical (unpaired) electrons. The predicted molar refractivity (Wildman–Crippen MR) is 93.1 cm³/mol. The molecule has 27 heavy (non-hydrogen) atoms. The number of thioether (sulfide) groups is 1. The summed E-state index contributed by atoms with van der Waals surface area (Å²) in [5.41, 5.74) is 4.79. The second-order valence-electron chi connectivity index (χ2n) is 5.86. The Morgan fingerprint density at radius 1 is 1.11 bits per heavy atom. The third-order valence-electron chi connectivity index (χ3n) is 4.24. The van der Waals surface area contributed by atoms with E-state index in [0.717, 1.165) is 30.0 Å². The molecule has 0 bridgehead atoms. The van der Waals surface area contributed by atoms with Crippen molar-refractivity contribution in [1.82, 2.24) is 0 Å². The van der Waals surface area contributed by atoms with Crippen LogP contribution in [0.25, 0.3) is 0 Å². The number of halogens is 4. The summed E-state index contributed by atoms with van der Waals surface area (Å²) in [5, 5.41) is 8.39. The minimum Gasteiger partial charge on any atom is -0.393 e. The van der Waals surface area contributed by atoms with Crippen LogP contribution >= 0.6 is 11.8 Å². The van der Waals surface area contributed by atoms with E-state index in [1.165, 1.54) is 30.3 Å². The highest BCUT2D eigenvalue weighted by Crippen LogP contribution is 2.49. The third-order valence-corrected chi connectivity index (χ3v) is 5.46. The Bertz CT molecular complexity index is 961. The highest BCUT2D eigenvalue weighted by molar-refractivity contribution is 8.04. The standard InChI is InChI=1S/C19H12F4N2OS/c20-11-7-5-10(6-8-11)16(26)17-15(13(9-24)18(25)27-17)12-3-1-2-4-14(12)19(21,22)23/h1-8,15,17H,25H2/t15-,17+/m0/s1. The maximum atomic E-state index is 13.5. The van der Waals surface area contributed by atoms with E-state index in [4.69, 9.17) is 5.73 Å². The molecule has 3 nitrogen and oxygen atoms in total. The summed E-state index contributed by atoms with van der Waals surface area (Å²) >= 11 is 0.852. The molecule has 0 unspecified atom stereocenters. The summed E-state index contributed by atoms with van der Waals surface area (Å²) in [6.45, 7) is 0. The number of Topliss-reactive ketones (excluding diaryl/α,β-unsaturated/α-hetero) is 1. The molecule has 0 saturated carbocycles. The lowest BCUT2D eigenvalue weighted by atomic mass is 9.83. The van der Waals surface area contributed by atoms with E-state index >= 15 is 0 Å². The van der Waals surface area contributed by atoms with Crippen LogP contribution in [0.3, 0.4) is 0 Å². The van der Waals surface area contributed by atoms with Crippen molar-refractivity contribution in [2.75, 3.05) is 0 Å². The first-order valence-electron chi connectivity index (χ1n) is 7.76. The van der Waals surface area contributed by atoms with E-state index < -0.39 is 34.5 Å². The number of ketones is 1. The van der Waals surface area contributed by atoms with Crippen LogP contribution in [0.2, 0.25) is 0 Å². The average molecular weight is 392 g/mol. The molecule has 138 valence electrons. The molecule has 2 aromatic rings. The quantitative estimate of drug-likeness (QED) is 0.611. The molecule has 0 fully saturated rings. The Morgan fingerprint density at radius 3 is 2.33 bits per heavy atom. The van der Waals surface area contributed by atoms with Crippen molar-refractivity contribution in [3.05, 3.63) is 81.6 Å². The van der Waals surface area contributed by atoms with Crippen LogP contribution in [0.15, 0.2) is 59.1 Å². The Labute approximate surface area is 156 Å². The van der Waals surface area contributed by atoms with Gasteiger partial charge < -0.3 is 5.73 Å². The van der Waals surface area contributed by atoms with Crippen molar-refractivity contribution < 1.29 is 22.4 Å². The maximum absolute atomic E-state index is 13.5. The van der Waals surface area contributed by atoms with Crippen molar-refractivity contribution in [2.24, 2.45) is 5.73 Å². The fourth-order valence-corrected chi connectivity index (χ4v) is 4.26. The van der Waals surface area contributed by atoms with Gasteiger partial charge in [-0.1, -0.05) is 30.0 Å². The number of hydrogen-bond donors (Lipinski definition) is 1. The second-order valence-corrected chi connectivity index (χ2v) is 7.05. The summed E-state index contributed by atoms with van der Waals surface area (Å²) in [5.74, 6) is -2.20. The van der Waals surface area contributed by atoms with Gasteiger partial charge in [-0.3, -0.25) is 4.79 Å². The molecule has 0 amide bonds. The van der Waals surface area contributed by atoms with Crippen LogP contribution in [-0.2, 0) is 6.18 Å². The first kappa shape index (κ1) is 19.0. The molecule has 2 atom stereocenters. The third kappa shape index (κ3) is 3.55. The van der Waals surface area contributed by atoms with Gasteiger partial charge in [-0.05, 0) is 35.9 Å². The summed E-state index contributed by atoms with van der Waals surface area (Å²) in [7, 11) is 0. The number of carbonyl (C=O) groups is 1. The lowest BCUT2D eigenvalue weighted by molar-refractivity contribution is -0.138. The SMILES string of the molecule is N#CC1=C(N)S[C@@H](C(=O)c2ccc(F)cc2)[C@H]1c1ccccc1C(F)(F)F. The van der Waals surface area contributed by atoms with Gasteiger partial charge in [-0.15, -0.1) is 0 Å². The molecular formula is C19H12F4N2OS. The number of nitrogens with two attached hydrogens (primary N) is 1. The summed E-state index contributed by atoms with van der Waals surface area (Å²) in [6, 6.07) is 11.3. The van der Waals surface area contributed by atoms with Crippen molar-refractivity contribution in [2.45, 2.75) is 17.3 Å². The van der Waals surface area contributed by atoms with E-state index in [-0.39, 0.29) is 21.7 Å². The number of benzene rings is 2. The summed E-state index contributed by atoms with van der Waals surface area (Å²) in [6.07, 6.45) is -4.65. The van der Waals surface area contributed by atoms with Crippen LogP contribution in [0.4, 0.5) is 17.6 Å². The van der Waals surface area contributed by atoms with Gasteiger partial charge in [0.15, 0.2) is 5.78 Å². The van der Waals surface area contributed by atoms with Gasteiger partial charge in [0.25, 0.3) is 0 Å². The van der Waals surface area contributed by atoms with Gasteiger partial charge in [0.2, 0.25) is 0 Å². The molecule has 3 rings (SSSR count). The monoisotopic (exact) mass is 392 g/mol. The molecule has 1 aliphatic rings. The Balaban J connectivity index is 2.11. The van der Waals surface area contributed by atoms with Gasteiger partial charge in [-0.25, -0.2) is 4.39 Å². The van der Waals surface area contributed by atoms with Crippen LogP contribution < -0.4 is 5.73 Å². The zero-order chi connectivity index (χ0) is 19.8. The van der Waals surface area contributed by atoms with Gasteiger partial charge in [0.05, 0.1) is 27.5 Å². The number of nitriles is 1. The second kappa shape index (κ2) is 7.08. The number of allylic oxidation sites excluding steroid dienone is 1. The zero-order valence-electron chi connectivity index (χ0n) is 13.6. The number of hydrogen-bond acceptors (Lipinski definition) is 4. The van der Waals surface area contributed by atoms with Crippen molar-refractivity contribution >= 4 is 17.5 Å². The number of nitrogens with zero attached hydrogens (tertiary/aromatic N) is 1. The van der Waals surface area contributed by atoms with Gasteiger partial charge in [-0.2, -0.15) is 18.4 Å². The molecule has 0 aromatic heterocycles. The minimum atomic E-state index is -4.65.